The van der Waals surface area contributed by atoms with E-state index in [1.807, 2.05) is 27.8 Å². The minimum Gasteiger partial charge on any atom is -0.491 e. The lowest BCUT2D eigenvalue weighted by atomic mass is 10.0. The summed E-state index contributed by atoms with van der Waals surface area (Å²) in [6.07, 6.45) is 9.00. The molecule has 0 atom stereocenters. The minimum absolute atomic E-state index is 0.0812. The van der Waals surface area contributed by atoms with Crippen LogP contribution < -0.4 is 15.8 Å². The van der Waals surface area contributed by atoms with Crippen LogP contribution in [0, 0.1) is 20.8 Å². The molecule has 0 bridgehead atoms. The number of nitrogen functional groups attached to an aromatic ring is 1. The number of nitrogens with zero attached hydrogens (tertiary/aromatic N) is 3. The third-order valence-corrected chi connectivity index (χ3v) is 6.18. The zero-order chi connectivity index (χ0) is 26.5. The average Bonchev–Trinajstić information content (AvgIpc) is 3.24. The number of rotatable bonds is 6. The van der Waals surface area contributed by atoms with Crippen LogP contribution in [0.15, 0.2) is 22.7 Å². The highest BCUT2D eigenvalue weighted by Gasteiger charge is 2.20. The van der Waals surface area contributed by atoms with E-state index in [1.54, 1.807) is 18.2 Å². The zero-order valence-corrected chi connectivity index (χ0v) is 22.9. The SMILES string of the molecule is C1CCCCC1.CCNC.Cc1noc(C)c1-c1nc(-c2cc(OCCO)ccc2Cl)nc(N)c1C. The summed E-state index contributed by atoms with van der Waals surface area (Å²) in [4.78, 5) is 9.05. The molecule has 0 radical (unpaired) electrons. The highest BCUT2D eigenvalue weighted by Crippen LogP contribution is 2.35. The predicted molar refractivity (Wildman–Crippen MR) is 146 cm³/mol. The molecule has 0 unspecified atom stereocenters. The molecule has 1 fully saturated rings. The van der Waals surface area contributed by atoms with Gasteiger partial charge in [-0.15, -0.1) is 0 Å². The topological polar surface area (TPSA) is 119 Å². The predicted octanol–water partition coefficient (Wildman–Crippen LogP) is 5.90. The zero-order valence-electron chi connectivity index (χ0n) is 22.2. The molecule has 2 aromatic heterocycles. The molecule has 198 valence electrons. The molecular weight excluding hydrogens is 478 g/mol. The summed E-state index contributed by atoms with van der Waals surface area (Å²) in [5.41, 5.74) is 9.62. The molecule has 0 aliphatic heterocycles. The molecule has 1 aromatic carbocycles. The van der Waals surface area contributed by atoms with Crippen molar-refractivity contribution in [3.63, 3.8) is 0 Å². The third kappa shape index (κ3) is 8.47. The average molecular weight is 518 g/mol. The van der Waals surface area contributed by atoms with Crippen LogP contribution in [0.25, 0.3) is 22.6 Å². The number of nitrogens with one attached hydrogen (secondary N) is 1. The molecule has 1 saturated carbocycles. The normalized spacial score (nSPS) is 12.8. The van der Waals surface area contributed by atoms with Gasteiger partial charge in [-0.3, -0.25) is 0 Å². The lowest BCUT2D eigenvalue weighted by Gasteiger charge is -2.12. The first kappa shape index (κ1) is 29.5. The van der Waals surface area contributed by atoms with Gasteiger partial charge in [0.1, 0.15) is 23.9 Å². The number of aromatic nitrogens is 3. The Morgan fingerprint density at radius 1 is 1.08 bits per heavy atom. The van der Waals surface area contributed by atoms with E-state index in [-0.39, 0.29) is 13.2 Å². The Morgan fingerprint density at radius 3 is 2.19 bits per heavy atom. The summed E-state index contributed by atoms with van der Waals surface area (Å²) < 4.78 is 10.7. The number of aliphatic hydroxyl groups excluding tert-OH is 1. The first-order valence-electron chi connectivity index (χ1n) is 12.6. The lowest BCUT2D eigenvalue weighted by molar-refractivity contribution is 0.201. The van der Waals surface area contributed by atoms with E-state index in [1.165, 1.54) is 38.5 Å². The number of ether oxygens (including phenoxy) is 1. The maximum atomic E-state index is 8.92. The number of aryl methyl sites for hydroxylation is 2. The van der Waals surface area contributed by atoms with Crippen LogP contribution in [-0.2, 0) is 0 Å². The molecule has 0 amide bonds. The van der Waals surface area contributed by atoms with Crippen LogP contribution in [0.3, 0.4) is 0 Å². The molecule has 3 aromatic rings. The van der Waals surface area contributed by atoms with E-state index < -0.39 is 0 Å². The van der Waals surface area contributed by atoms with Crippen LogP contribution >= 0.6 is 11.6 Å². The molecule has 1 aliphatic carbocycles. The first-order chi connectivity index (χ1) is 17.3. The molecule has 4 rings (SSSR count). The summed E-state index contributed by atoms with van der Waals surface area (Å²) >= 11 is 6.34. The number of nitrogens with two attached hydrogens (primary N) is 1. The van der Waals surface area contributed by atoms with Gasteiger partial charge in [-0.2, -0.15) is 0 Å². The highest BCUT2D eigenvalue weighted by atomic mass is 35.5. The van der Waals surface area contributed by atoms with Crippen molar-refractivity contribution in [1.29, 1.82) is 0 Å². The van der Waals surface area contributed by atoms with E-state index in [0.717, 1.165) is 23.4 Å². The van der Waals surface area contributed by atoms with E-state index >= 15 is 0 Å². The molecule has 4 N–H and O–H groups in total. The smallest absolute Gasteiger partial charge is 0.163 e. The Morgan fingerprint density at radius 2 is 1.69 bits per heavy atom. The summed E-state index contributed by atoms with van der Waals surface area (Å²) in [6.45, 7) is 8.76. The second-order valence-corrected chi connectivity index (χ2v) is 9.05. The van der Waals surface area contributed by atoms with Crippen molar-refractivity contribution in [2.75, 3.05) is 32.5 Å². The standard InChI is InChI=1S/C18H19ClN4O3.C6H12.C3H9N/c1-9-16(15-10(2)23-26-11(15)3)21-18(22-17(9)20)13-8-12(25-7-6-24)4-5-14(13)19;1-2-4-6-5-3-1;1-3-4-2/h4-5,8,24H,6-7H2,1-3H3,(H2,20,21,22);1-6H2;4H,3H2,1-2H3. The van der Waals surface area contributed by atoms with Gasteiger partial charge in [0.05, 0.1) is 28.6 Å². The summed E-state index contributed by atoms with van der Waals surface area (Å²) in [5.74, 6) is 1.94. The van der Waals surface area contributed by atoms with Gasteiger partial charge in [-0.25, -0.2) is 9.97 Å². The van der Waals surface area contributed by atoms with E-state index in [9.17, 15) is 0 Å². The second-order valence-electron chi connectivity index (χ2n) is 8.65. The molecule has 0 spiro atoms. The van der Waals surface area contributed by atoms with Crippen molar-refractivity contribution < 1.29 is 14.4 Å². The van der Waals surface area contributed by atoms with Crippen molar-refractivity contribution in [1.82, 2.24) is 20.4 Å². The Hall–Kier alpha value is -2.68. The maximum Gasteiger partial charge on any atom is 0.163 e. The molecular formula is C27H40ClN5O3. The fourth-order valence-electron chi connectivity index (χ4n) is 3.71. The van der Waals surface area contributed by atoms with Crippen molar-refractivity contribution in [3.8, 4) is 28.4 Å². The summed E-state index contributed by atoms with van der Waals surface area (Å²) in [6, 6.07) is 5.13. The second kappa shape index (κ2) is 15.4. The van der Waals surface area contributed by atoms with Crippen molar-refractivity contribution >= 4 is 17.4 Å². The van der Waals surface area contributed by atoms with Crippen LogP contribution in [0.1, 0.15) is 62.5 Å². The number of aliphatic hydroxyl groups is 1. The molecule has 2 heterocycles. The maximum absolute atomic E-state index is 8.92. The van der Waals surface area contributed by atoms with Crippen molar-refractivity contribution in [2.45, 2.75) is 66.2 Å². The van der Waals surface area contributed by atoms with Gasteiger partial charge in [0, 0.05) is 11.1 Å². The fraction of sp³-hybridized carbons (Fsp3) is 0.519. The van der Waals surface area contributed by atoms with Gasteiger partial charge in [-0.05, 0) is 52.6 Å². The van der Waals surface area contributed by atoms with Crippen LogP contribution in [-0.4, -0.2) is 47.0 Å². The molecule has 36 heavy (non-hydrogen) atoms. The van der Waals surface area contributed by atoms with Gasteiger partial charge < -0.3 is 25.4 Å². The van der Waals surface area contributed by atoms with Gasteiger partial charge in [0.25, 0.3) is 0 Å². The van der Waals surface area contributed by atoms with E-state index in [0.29, 0.717) is 39.4 Å². The Labute approximate surface area is 219 Å². The largest absolute Gasteiger partial charge is 0.491 e. The number of hydrogen-bond acceptors (Lipinski definition) is 8. The third-order valence-electron chi connectivity index (χ3n) is 5.85. The first-order valence-corrected chi connectivity index (χ1v) is 13.0. The Kier molecular flexibility index (Phi) is 12.7. The molecule has 1 aliphatic rings. The highest BCUT2D eigenvalue weighted by molar-refractivity contribution is 6.33. The van der Waals surface area contributed by atoms with Crippen LogP contribution in [0.5, 0.6) is 5.75 Å². The van der Waals surface area contributed by atoms with E-state index in [2.05, 4.69) is 27.4 Å². The number of anilines is 1. The Balaban J connectivity index is 0.000000382. The monoisotopic (exact) mass is 517 g/mol. The van der Waals surface area contributed by atoms with Crippen LogP contribution in [0.4, 0.5) is 5.82 Å². The lowest BCUT2D eigenvalue weighted by Crippen LogP contribution is -2.04. The number of hydrogen-bond donors (Lipinski definition) is 3. The van der Waals surface area contributed by atoms with Gasteiger partial charge in [0.2, 0.25) is 0 Å². The summed E-state index contributed by atoms with van der Waals surface area (Å²) in [5, 5.41) is 16.3. The van der Waals surface area contributed by atoms with E-state index in [4.69, 9.17) is 31.7 Å². The van der Waals surface area contributed by atoms with Gasteiger partial charge in [-0.1, -0.05) is 62.2 Å². The summed E-state index contributed by atoms with van der Waals surface area (Å²) in [7, 11) is 1.93. The van der Waals surface area contributed by atoms with Crippen molar-refractivity contribution in [3.05, 3.63) is 40.2 Å². The molecule has 0 saturated heterocycles. The van der Waals surface area contributed by atoms with Gasteiger partial charge in [0.15, 0.2) is 5.82 Å². The molecule has 8 nitrogen and oxygen atoms in total. The van der Waals surface area contributed by atoms with Gasteiger partial charge >= 0.3 is 0 Å². The minimum atomic E-state index is -0.0812. The fourth-order valence-corrected chi connectivity index (χ4v) is 3.91. The number of halogens is 1. The molecule has 9 heteroatoms. The van der Waals surface area contributed by atoms with Crippen molar-refractivity contribution in [2.24, 2.45) is 0 Å². The van der Waals surface area contributed by atoms with Crippen LogP contribution in [0.2, 0.25) is 5.02 Å². The quantitative estimate of drug-likeness (QED) is 0.370. The Bertz CT molecular complexity index is 1050. The number of benzene rings is 1.